The molecule has 0 fully saturated rings. The van der Waals surface area contributed by atoms with Crippen molar-refractivity contribution in [2.24, 2.45) is 7.05 Å². The van der Waals surface area contributed by atoms with Crippen LogP contribution in [0.4, 0.5) is 0 Å². The van der Waals surface area contributed by atoms with Gasteiger partial charge in [0.05, 0.1) is 37.9 Å². The maximum absolute atomic E-state index is 13.0. The lowest BCUT2D eigenvalue weighted by molar-refractivity contribution is 0.0946. The number of aryl methyl sites for hydroxylation is 1. The lowest BCUT2D eigenvalue weighted by Crippen LogP contribution is -2.40. The molecule has 8 nitrogen and oxygen atoms in total. The molecule has 1 amide bonds. The van der Waals surface area contributed by atoms with Gasteiger partial charge in [0.2, 0.25) is 0 Å². The lowest BCUT2D eigenvalue weighted by Gasteiger charge is -2.35. The van der Waals surface area contributed by atoms with Crippen molar-refractivity contribution >= 4 is 25.1 Å². The van der Waals surface area contributed by atoms with Gasteiger partial charge in [0.15, 0.2) is 8.32 Å². The molecule has 9 heteroatoms. The molecule has 0 saturated heterocycles. The van der Waals surface area contributed by atoms with Crippen LogP contribution in [0.25, 0.3) is 10.9 Å². The van der Waals surface area contributed by atoms with E-state index in [0.717, 1.165) is 16.5 Å². The summed E-state index contributed by atoms with van der Waals surface area (Å²) < 4.78 is 18.5. The van der Waals surface area contributed by atoms with Crippen molar-refractivity contribution in [1.82, 2.24) is 20.1 Å². The van der Waals surface area contributed by atoms with Crippen molar-refractivity contribution in [3.8, 4) is 23.3 Å². The van der Waals surface area contributed by atoms with Crippen LogP contribution in [-0.4, -0.2) is 49.8 Å². The van der Waals surface area contributed by atoms with Crippen LogP contribution in [0.2, 0.25) is 18.1 Å². The Morgan fingerprint density at radius 3 is 2.57 bits per heavy atom. The third-order valence-corrected chi connectivity index (χ3v) is 10.9. The lowest BCUT2D eigenvalue weighted by atomic mass is 10.1. The normalized spacial score (nSPS) is 11.7. The summed E-state index contributed by atoms with van der Waals surface area (Å²) in [6.45, 7) is 11.5. The van der Waals surface area contributed by atoms with E-state index in [4.69, 9.17) is 13.9 Å². The number of amides is 1. The van der Waals surface area contributed by atoms with E-state index < -0.39 is 8.32 Å². The zero-order valence-electron chi connectivity index (χ0n) is 21.8. The van der Waals surface area contributed by atoms with Crippen LogP contribution in [0.5, 0.6) is 11.5 Å². The smallest absolute Gasteiger partial charge is 0.270 e. The summed E-state index contributed by atoms with van der Waals surface area (Å²) in [6.07, 6.45) is 1.71. The summed E-state index contributed by atoms with van der Waals surface area (Å²) in [7, 11) is 3.10. The van der Waals surface area contributed by atoms with Gasteiger partial charge in [-0.1, -0.05) is 26.7 Å². The van der Waals surface area contributed by atoms with E-state index >= 15 is 0 Å². The zero-order chi connectivity index (χ0) is 25.8. The van der Waals surface area contributed by atoms with Crippen LogP contribution < -0.4 is 14.8 Å². The van der Waals surface area contributed by atoms with Crippen LogP contribution in [0, 0.1) is 11.8 Å². The second kappa shape index (κ2) is 10.5. The Labute approximate surface area is 208 Å². The third kappa shape index (κ3) is 6.02. The Bertz CT molecular complexity index is 1280. The summed E-state index contributed by atoms with van der Waals surface area (Å²) in [4.78, 5) is 17.6. The first-order valence-electron chi connectivity index (χ1n) is 11.4. The van der Waals surface area contributed by atoms with E-state index in [-0.39, 0.29) is 23.2 Å². The fraction of sp³-hybridized carbons (Fsp3) is 0.423. The minimum Gasteiger partial charge on any atom is -0.497 e. The highest BCUT2D eigenvalue weighted by molar-refractivity contribution is 6.74. The Morgan fingerprint density at radius 1 is 1.17 bits per heavy atom. The number of carbonyl (C=O) groups excluding carboxylic acids is 1. The van der Waals surface area contributed by atoms with Gasteiger partial charge in [-0.05, 0) is 42.3 Å². The van der Waals surface area contributed by atoms with Crippen LogP contribution in [0.1, 0.15) is 42.5 Å². The Balaban J connectivity index is 1.82. The summed E-state index contributed by atoms with van der Waals surface area (Å²) in [5.41, 5.74) is 2.37. The van der Waals surface area contributed by atoms with Gasteiger partial charge >= 0.3 is 0 Å². The number of ether oxygens (including phenoxy) is 2. The number of hydrogen-bond acceptors (Lipinski definition) is 6. The molecule has 0 unspecified atom stereocenters. The molecule has 0 aliphatic carbocycles. The molecule has 2 aromatic heterocycles. The maximum atomic E-state index is 13.0. The van der Waals surface area contributed by atoms with Crippen molar-refractivity contribution in [2.75, 3.05) is 20.8 Å². The van der Waals surface area contributed by atoms with Crippen LogP contribution in [0.15, 0.2) is 30.5 Å². The molecule has 35 heavy (non-hydrogen) atoms. The van der Waals surface area contributed by atoms with Crippen LogP contribution >= 0.6 is 0 Å². The van der Waals surface area contributed by atoms with Crippen LogP contribution in [0.3, 0.4) is 0 Å². The van der Waals surface area contributed by atoms with Crippen molar-refractivity contribution in [3.05, 3.63) is 47.4 Å². The van der Waals surface area contributed by atoms with Crippen molar-refractivity contribution in [2.45, 2.75) is 45.4 Å². The standard InChI is InChI=1S/C26H34N4O4Si/c1-26(2,3)35(7,8)34-13-9-10-21-20-17-28-30(4)23(20)15-22(29-21)25(31)27-16-18-11-12-19(32-5)14-24(18)33-6/h11-12,14-15,17H,13,16H2,1-8H3,(H,27,31). The summed E-state index contributed by atoms with van der Waals surface area (Å²) in [5, 5.41) is 8.13. The molecule has 186 valence electrons. The molecule has 3 aromatic rings. The molecular weight excluding hydrogens is 460 g/mol. The highest BCUT2D eigenvalue weighted by Crippen LogP contribution is 2.36. The monoisotopic (exact) mass is 494 g/mol. The number of methoxy groups -OCH3 is 2. The highest BCUT2D eigenvalue weighted by atomic mass is 28.4. The molecular formula is C26H34N4O4Si. The van der Waals surface area contributed by atoms with Gasteiger partial charge < -0.3 is 19.2 Å². The van der Waals surface area contributed by atoms with E-state index in [1.54, 1.807) is 37.2 Å². The van der Waals surface area contributed by atoms with E-state index in [1.807, 2.05) is 19.2 Å². The number of hydrogen-bond donors (Lipinski definition) is 1. The molecule has 0 aliphatic heterocycles. The van der Waals surface area contributed by atoms with E-state index in [0.29, 0.717) is 23.8 Å². The van der Waals surface area contributed by atoms with Crippen LogP contribution in [-0.2, 0) is 18.0 Å². The van der Waals surface area contributed by atoms with Gasteiger partial charge in [-0.3, -0.25) is 9.48 Å². The molecule has 0 saturated carbocycles. The molecule has 0 spiro atoms. The number of fused-ring (bicyclic) bond motifs is 1. The molecule has 0 aliphatic rings. The van der Waals surface area contributed by atoms with Gasteiger partial charge in [-0.25, -0.2) is 4.98 Å². The van der Waals surface area contributed by atoms with E-state index in [2.05, 4.69) is 61.1 Å². The first-order chi connectivity index (χ1) is 16.5. The predicted octanol–water partition coefficient (Wildman–Crippen LogP) is 4.29. The van der Waals surface area contributed by atoms with Gasteiger partial charge in [-0.15, -0.1) is 0 Å². The fourth-order valence-corrected chi connectivity index (χ4v) is 4.04. The van der Waals surface area contributed by atoms with Gasteiger partial charge in [0, 0.05) is 25.2 Å². The first-order valence-corrected chi connectivity index (χ1v) is 14.3. The largest absolute Gasteiger partial charge is 0.497 e. The minimum atomic E-state index is -1.90. The highest BCUT2D eigenvalue weighted by Gasteiger charge is 2.36. The number of nitrogens with one attached hydrogen (secondary N) is 1. The second-order valence-electron chi connectivity index (χ2n) is 9.77. The topological polar surface area (TPSA) is 87.5 Å². The summed E-state index contributed by atoms with van der Waals surface area (Å²) >= 11 is 0. The number of rotatable bonds is 7. The predicted molar refractivity (Wildman–Crippen MR) is 139 cm³/mol. The number of carbonyl (C=O) groups is 1. The van der Waals surface area contributed by atoms with Crippen molar-refractivity contribution < 1.29 is 18.7 Å². The fourth-order valence-electron chi connectivity index (χ4n) is 3.17. The Hall–Kier alpha value is -3.35. The van der Waals surface area contributed by atoms with Crippen molar-refractivity contribution in [3.63, 3.8) is 0 Å². The van der Waals surface area contributed by atoms with Gasteiger partial charge in [-0.2, -0.15) is 5.10 Å². The molecule has 2 heterocycles. The molecule has 1 aromatic carbocycles. The number of aromatic nitrogens is 3. The zero-order valence-corrected chi connectivity index (χ0v) is 22.8. The average molecular weight is 495 g/mol. The number of benzene rings is 1. The molecule has 0 atom stereocenters. The molecule has 0 bridgehead atoms. The first kappa shape index (κ1) is 26.3. The van der Waals surface area contributed by atoms with E-state index in [9.17, 15) is 4.79 Å². The summed E-state index contributed by atoms with van der Waals surface area (Å²) in [5.74, 6) is 7.18. The number of pyridine rings is 1. The third-order valence-electron chi connectivity index (χ3n) is 6.43. The van der Waals surface area contributed by atoms with Gasteiger partial charge in [0.25, 0.3) is 5.91 Å². The van der Waals surface area contributed by atoms with Gasteiger partial charge in [0.1, 0.15) is 22.9 Å². The quantitative estimate of drug-likeness (QED) is 0.389. The second-order valence-corrected chi connectivity index (χ2v) is 14.6. The maximum Gasteiger partial charge on any atom is 0.270 e. The average Bonchev–Trinajstić information content (AvgIpc) is 3.20. The van der Waals surface area contributed by atoms with E-state index in [1.165, 1.54) is 0 Å². The van der Waals surface area contributed by atoms with Crippen molar-refractivity contribution in [1.29, 1.82) is 0 Å². The molecule has 3 rings (SSSR count). The molecule has 0 radical (unpaired) electrons. The minimum absolute atomic E-state index is 0.105. The Kier molecular flexibility index (Phi) is 7.88. The molecule has 1 N–H and O–H groups in total. The Morgan fingerprint density at radius 2 is 1.91 bits per heavy atom. The summed E-state index contributed by atoms with van der Waals surface area (Å²) in [6, 6.07) is 7.18. The SMILES string of the molecule is COc1ccc(CNC(=O)c2cc3c(cnn3C)c(C#CCO[Si](C)(C)C(C)(C)C)n2)c(OC)c1. The number of nitrogens with zero attached hydrogens (tertiary/aromatic N) is 3.